The highest BCUT2D eigenvalue weighted by Gasteiger charge is 2.81. The van der Waals surface area contributed by atoms with E-state index < -0.39 is 95.7 Å². The minimum Gasteiger partial charge on any atom is -0.393 e. The van der Waals surface area contributed by atoms with E-state index in [4.69, 9.17) is 0 Å². The minimum atomic E-state index is -3.03. The lowest BCUT2D eigenvalue weighted by atomic mass is 9.41. The van der Waals surface area contributed by atoms with Crippen molar-refractivity contribution in [3.8, 4) is 0 Å². The lowest BCUT2D eigenvalue weighted by Gasteiger charge is -2.70. The predicted octanol–water partition coefficient (Wildman–Crippen LogP) is -2.29. The Kier molecular flexibility index (Phi) is 7.75. The van der Waals surface area contributed by atoms with Crippen molar-refractivity contribution in [1.29, 1.82) is 0 Å². The Labute approximate surface area is 222 Å². The fourth-order valence-electron chi connectivity index (χ4n) is 9.61. The van der Waals surface area contributed by atoms with E-state index >= 15 is 0 Å². The third kappa shape index (κ3) is 3.88. The molecular weight excluding hydrogens is 500 g/mol. The Balaban J connectivity index is 1.59. The Morgan fingerprint density at radius 2 is 1.37 bits per heavy atom. The van der Waals surface area contributed by atoms with Gasteiger partial charge in [-0.15, -0.1) is 0 Å². The first-order valence-corrected chi connectivity index (χ1v) is 14.4. The maximum absolute atomic E-state index is 12.4. The van der Waals surface area contributed by atoms with Crippen LogP contribution in [-0.4, -0.2) is 116 Å². The third-order valence-corrected chi connectivity index (χ3v) is 11.5. The van der Waals surface area contributed by atoms with Crippen molar-refractivity contribution in [2.75, 3.05) is 0 Å². The van der Waals surface area contributed by atoms with Crippen LogP contribution in [0.25, 0.3) is 0 Å². The van der Waals surface area contributed by atoms with E-state index in [0.29, 0.717) is 38.0 Å². The molecule has 5 saturated carbocycles. The van der Waals surface area contributed by atoms with Crippen molar-refractivity contribution < 1.29 is 56.2 Å². The van der Waals surface area contributed by atoms with Gasteiger partial charge in [-0.3, -0.25) is 0 Å². The molecule has 0 saturated heterocycles. The van der Waals surface area contributed by atoms with Crippen LogP contribution >= 0.6 is 0 Å². The van der Waals surface area contributed by atoms with Crippen molar-refractivity contribution in [2.45, 2.75) is 130 Å². The van der Waals surface area contributed by atoms with E-state index in [1.807, 2.05) is 0 Å². The quantitative estimate of drug-likeness (QED) is 0.168. The molecule has 5 rings (SSSR count). The van der Waals surface area contributed by atoms with Gasteiger partial charge < -0.3 is 56.2 Å². The minimum absolute atomic E-state index is 0.402. The molecule has 5 aliphatic carbocycles. The van der Waals surface area contributed by atoms with Crippen LogP contribution < -0.4 is 0 Å². The smallest absolute Gasteiger partial charge is 0.159 e. The van der Waals surface area contributed by atoms with Gasteiger partial charge in [0, 0.05) is 18.3 Å². The van der Waals surface area contributed by atoms with Gasteiger partial charge in [0.25, 0.3) is 0 Å². The number of aliphatic hydroxyl groups excluding tert-OH is 7. The van der Waals surface area contributed by atoms with Gasteiger partial charge in [0.1, 0.15) is 22.9 Å². The monoisotopic (exact) mass is 546 g/mol. The number of rotatable bonds is 4. The maximum atomic E-state index is 12.4. The van der Waals surface area contributed by atoms with Crippen LogP contribution in [0.4, 0.5) is 0 Å². The number of fused-ring (bicyclic) bond motifs is 3. The van der Waals surface area contributed by atoms with Crippen LogP contribution in [0.1, 0.15) is 70.6 Å². The molecule has 0 aromatic rings. The summed E-state index contributed by atoms with van der Waals surface area (Å²) in [7, 11) is 0. The van der Waals surface area contributed by atoms with E-state index in [0.717, 1.165) is 25.7 Å². The van der Waals surface area contributed by atoms with Crippen LogP contribution in [0.2, 0.25) is 0 Å². The molecular formula is C27H46O11. The lowest BCUT2D eigenvalue weighted by molar-refractivity contribution is -0.410. The van der Waals surface area contributed by atoms with Crippen LogP contribution in [0.15, 0.2) is 0 Å². The zero-order valence-corrected chi connectivity index (χ0v) is 21.7. The molecule has 0 bridgehead atoms. The summed E-state index contributed by atoms with van der Waals surface area (Å²) in [5, 5.41) is 123. The molecule has 14 atom stereocenters. The molecule has 5 aliphatic rings. The van der Waals surface area contributed by atoms with E-state index in [2.05, 4.69) is 0 Å². The molecule has 220 valence electrons. The van der Waals surface area contributed by atoms with Gasteiger partial charge in [-0.2, -0.15) is 0 Å². The van der Waals surface area contributed by atoms with Gasteiger partial charge in [0.05, 0.1) is 36.4 Å². The fourth-order valence-corrected chi connectivity index (χ4v) is 9.61. The third-order valence-electron chi connectivity index (χ3n) is 11.5. The summed E-state index contributed by atoms with van der Waals surface area (Å²) in [4.78, 5) is 0. The average Bonchev–Trinajstić information content (AvgIpc) is 2.86. The van der Waals surface area contributed by atoms with Crippen molar-refractivity contribution in [1.82, 2.24) is 0 Å². The fraction of sp³-hybridized carbons (Fsp3) is 1.00. The second-order valence-corrected chi connectivity index (χ2v) is 13.1. The van der Waals surface area contributed by atoms with E-state index in [-0.39, 0.29) is 0 Å². The van der Waals surface area contributed by atoms with Gasteiger partial charge in [-0.1, -0.05) is 44.9 Å². The molecule has 0 radical (unpaired) electrons. The van der Waals surface area contributed by atoms with Crippen LogP contribution in [0.3, 0.4) is 0 Å². The van der Waals surface area contributed by atoms with Gasteiger partial charge in [0.15, 0.2) is 6.29 Å². The Bertz CT molecular complexity index is 853. The maximum Gasteiger partial charge on any atom is 0.159 e. The summed E-state index contributed by atoms with van der Waals surface area (Å²) in [6.07, 6.45) is -6.15. The van der Waals surface area contributed by atoms with Crippen molar-refractivity contribution in [2.24, 2.45) is 35.5 Å². The summed E-state index contributed by atoms with van der Waals surface area (Å²) in [5.41, 5.74) is -8.19. The van der Waals surface area contributed by atoms with E-state index in [9.17, 15) is 56.2 Å². The Morgan fingerprint density at radius 3 is 2.00 bits per heavy atom. The van der Waals surface area contributed by atoms with E-state index in [1.54, 1.807) is 0 Å². The first-order chi connectivity index (χ1) is 17.8. The molecule has 14 unspecified atom stereocenters. The zero-order chi connectivity index (χ0) is 27.8. The Hall–Kier alpha value is -0.440. The summed E-state index contributed by atoms with van der Waals surface area (Å²) in [5.74, 6) is -5.03. The van der Waals surface area contributed by atoms with E-state index in [1.165, 1.54) is 6.42 Å². The molecule has 38 heavy (non-hydrogen) atoms. The largest absolute Gasteiger partial charge is 0.393 e. The van der Waals surface area contributed by atoms with Crippen molar-refractivity contribution in [3.63, 3.8) is 0 Å². The normalized spacial score (nSPS) is 55.7. The highest BCUT2D eigenvalue weighted by Crippen LogP contribution is 2.63. The van der Waals surface area contributed by atoms with Gasteiger partial charge in [0.2, 0.25) is 0 Å². The molecule has 11 nitrogen and oxygen atoms in total. The summed E-state index contributed by atoms with van der Waals surface area (Å²) < 4.78 is 0. The van der Waals surface area contributed by atoms with Crippen molar-refractivity contribution >= 4 is 0 Å². The van der Waals surface area contributed by atoms with Gasteiger partial charge in [-0.05, 0) is 37.0 Å². The second-order valence-electron chi connectivity index (χ2n) is 13.1. The predicted molar refractivity (Wildman–Crippen MR) is 131 cm³/mol. The van der Waals surface area contributed by atoms with Crippen molar-refractivity contribution in [3.05, 3.63) is 0 Å². The lowest BCUT2D eigenvalue weighted by Crippen LogP contribution is -2.89. The summed E-state index contributed by atoms with van der Waals surface area (Å²) >= 11 is 0. The molecule has 0 aromatic heterocycles. The standard InChI is InChI=1S/C27H46O11/c28-15-8-4-7-13-14(10-9-12-5-2-1-3-6-12)26(37)19(20(30)17(13)15)22(32)27(38)21(31)18(23(33)34)16(29)11-25(27,36)24(26)35/h12-24,28-38H,1-11H2. The SMILES string of the molecule is OC(O)C1C(O)CC2(O)C(O)C3(O)C(CCC4CCCCC4)C4CCCC(O)C4C(O)C3C(O)C2(O)C1O. The highest BCUT2D eigenvalue weighted by atomic mass is 16.5. The molecule has 0 heterocycles. The molecule has 11 N–H and O–H groups in total. The number of hydrogen-bond donors (Lipinski definition) is 11. The van der Waals surface area contributed by atoms with Crippen LogP contribution in [-0.2, 0) is 0 Å². The molecule has 5 fully saturated rings. The first kappa shape index (κ1) is 29.1. The second kappa shape index (κ2) is 10.1. The van der Waals surface area contributed by atoms with Gasteiger partial charge in [-0.25, -0.2) is 0 Å². The molecule has 0 spiro atoms. The molecule has 0 aromatic carbocycles. The number of aliphatic hydroxyl groups is 11. The molecule has 11 heteroatoms. The molecule has 0 amide bonds. The van der Waals surface area contributed by atoms with Gasteiger partial charge >= 0.3 is 0 Å². The van der Waals surface area contributed by atoms with Crippen LogP contribution in [0.5, 0.6) is 0 Å². The zero-order valence-electron chi connectivity index (χ0n) is 21.7. The molecule has 0 aliphatic heterocycles. The number of hydrogen-bond acceptors (Lipinski definition) is 11. The summed E-state index contributed by atoms with van der Waals surface area (Å²) in [6.45, 7) is 0. The average molecular weight is 547 g/mol. The van der Waals surface area contributed by atoms with Crippen LogP contribution in [0, 0.1) is 35.5 Å². The summed E-state index contributed by atoms with van der Waals surface area (Å²) in [6, 6.07) is 0. The highest BCUT2D eigenvalue weighted by molar-refractivity contribution is 5.30. The first-order valence-electron chi connectivity index (χ1n) is 14.4. The Morgan fingerprint density at radius 1 is 0.711 bits per heavy atom. The topological polar surface area (TPSA) is 223 Å².